The SMILES string of the molecule is Cc1cc(C)nc(N2CCCC(=O)C2)n1. The summed E-state index contributed by atoms with van der Waals surface area (Å²) in [6.07, 6.45) is 1.61. The summed E-state index contributed by atoms with van der Waals surface area (Å²) in [7, 11) is 0. The fraction of sp³-hybridized carbons (Fsp3) is 0.545. The Morgan fingerprint density at radius 3 is 2.53 bits per heavy atom. The molecule has 2 rings (SSSR count). The van der Waals surface area contributed by atoms with E-state index in [0.29, 0.717) is 18.9 Å². The average Bonchev–Trinajstić information content (AvgIpc) is 2.16. The lowest BCUT2D eigenvalue weighted by Gasteiger charge is -2.26. The standard InChI is InChI=1S/C11H15N3O/c1-8-6-9(2)13-11(12-8)14-5-3-4-10(15)7-14/h6H,3-5,7H2,1-2H3. The molecule has 0 radical (unpaired) electrons. The van der Waals surface area contributed by atoms with Crippen molar-refractivity contribution in [1.82, 2.24) is 9.97 Å². The molecule has 2 heterocycles. The lowest BCUT2D eigenvalue weighted by Crippen LogP contribution is -2.36. The van der Waals surface area contributed by atoms with Crippen molar-refractivity contribution < 1.29 is 4.79 Å². The molecule has 15 heavy (non-hydrogen) atoms. The zero-order valence-corrected chi connectivity index (χ0v) is 9.16. The second-order valence-corrected chi connectivity index (χ2v) is 4.01. The van der Waals surface area contributed by atoms with Crippen LogP contribution in [-0.4, -0.2) is 28.8 Å². The number of hydrogen-bond acceptors (Lipinski definition) is 4. The van der Waals surface area contributed by atoms with Crippen LogP contribution in [0, 0.1) is 13.8 Å². The van der Waals surface area contributed by atoms with Gasteiger partial charge in [-0.1, -0.05) is 0 Å². The van der Waals surface area contributed by atoms with Crippen molar-refractivity contribution in [2.45, 2.75) is 26.7 Å². The predicted molar refractivity (Wildman–Crippen MR) is 58.0 cm³/mol. The summed E-state index contributed by atoms with van der Waals surface area (Å²) >= 11 is 0. The zero-order valence-electron chi connectivity index (χ0n) is 9.16. The number of anilines is 1. The van der Waals surface area contributed by atoms with E-state index in [9.17, 15) is 4.79 Å². The second-order valence-electron chi connectivity index (χ2n) is 4.01. The second kappa shape index (κ2) is 3.96. The first-order valence-corrected chi connectivity index (χ1v) is 5.24. The largest absolute Gasteiger partial charge is 0.333 e. The molecule has 0 aromatic carbocycles. The van der Waals surface area contributed by atoms with E-state index in [0.717, 1.165) is 24.4 Å². The third-order valence-corrected chi connectivity index (χ3v) is 2.50. The number of Topliss-reactive ketones (excluding diaryl/α,β-unsaturated/α-hetero) is 1. The van der Waals surface area contributed by atoms with Crippen molar-refractivity contribution >= 4 is 11.7 Å². The number of piperidine rings is 1. The highest BCUT2D eigenvalue weighted by Gasteiger charge is 2.19. The van der Waals surface area contributed by atoms with Gasteiger partial charge in [-0.2, -0.15) is 0 Å². The lowest BCUT2D eigenvalue weighted by atomic mass is 10.1. The molecule has 1 fully saturated rings. The lowest BCUT2D eigenvalue weighted by molar-refractivity contribution is -0.118. The topological polar surface area (TPSA) is 46.1 Å². The van der Waals surface area contributed by atoms with Crippen LogP contribution in [0.2, 0.25) is 0 Å². The highest BCUT2D eigenvalue weighted by atomic mass is 16.1. The molecule has 1 aromatic rings. The van der Waals surface area contributed by atoms with Crippen molar-refractivity contribution in [3.05, 3.63) is 17.5 Å². The molecule has 0 bridgehead atoms. The number of carbonyl (C=O) groups excluding carboxylic acids is 1. The minimum absolute atomic E-state index is 0.281. The van der Waals surface area contributed by atoms with E-state index in [1.54, 1.807) is 0 Å². The highest BCUT2D eigenvalue weighted by Crippen LogP contribution is 2.14. The summed E-state index contributed by atoms with van der Waals surface area (Å²) in [5.74, 6) is 0.976. The third-order valence-electron chi connectivity index (χ3n) is 2.50. The first-order chi connectivity index (χ1) is 7.15. The molecule has 1 saturated heterocycles. The van der Waals surface area contributed by atoms with E-state index in [4.69, 9.17) is 0 Å². The van der Waals surface area contributed by atoms with Crippen LogP contribution in [-0.2, 0) is 4.79 Å². The van der Waals surface area contributed by atoms with Crippen LogP contribution in [0.1, 0.15) is 24.2 Å². The molecular weight excluding hydrogens is 190 g/mol. The monoisotopic (exact) mass is 205 g/mol. The van der Waals surface area contributed by atoms with Gasteiger partial charge in [-0.05, 0) is 26.3 Å². The molecular formula is C11H15N3O. The Hall–Kier alpha value is -1.45. The summed E-state index contributed by atoms with van der Waals surface area (Å²) in [6.45, 7) is 5.24. The van der Waals surface area contributed by atoms with Crippen molar-refractivity contribution in [2.75, 3.05) is 18.0 Å². The summed E-state index contributed by atoms with van der Waals surface area (Å²) in [6, 6.07) is 1.94. The minimum Gasteiger partial charge on any atom is -0.333 e. The van der Waals surface area contributed by atoms with Crippen molar-refractivity contribution in [1.29, 1.82) is 0 Å². The van der Waals surface area contributed by atoms with Gasteiger partial charge < -0.3 is 4.90 Å². The van der Waals surface area contributed by atoms with Gasteiger partial charge in [-0.25, -0.2) is 9.97 Å². The summed E-state index contributed by atoms with van der Waals surface area (Å²) in [4.78, 5) is 22.0. The molecule has 0 N–H and O–H groups in total. The summed E-state index contributed by atoms with van der Waals surface area (Å²) in [5.41, 5.74) is 1.91. The van der Waals surface area contributed by atoms with Crippen molar-refractivity contribution in [2.24, 2.45) is 0 Å². The van der Waals surface area contributed by atoms with Gasteiger partial charge in [0.15, 0.2) is 5.78 Å². The van der Waals surface area contributed by atoms with Crippen LogP contribution in [0.25, 0.3) is 0 Å². The van der Waals surface area contributed by atoms with Crippen LogP contribution in [0.4, 0.5) is 5.95 Å². The maximum atomic E-state index is 11.3. The molecule has 0 atom stereocenters. The van der Waals surface area contributed by atoms with E-state index in [2.05, 4.69) is 9.97 Å². The molecule has 0 spiro atoms. The normalized spacial score (nSPS) is 16.9. The first kappa shape index (κ1) is 10.1. The summed E-state index contributed by atoms with van der Waals surface area (Å²) < 4.78 is 0. The molecule has 0 unspecified atom stereocenters. The quantitative estimate of drug-likeness (QED) is 0.692. The number of hydrogen-bond donors (Lipinski definition) is 0. The van der Waals surface area contributed by atoms with E-state index in [1.165, 1.54) is 0 Å². The number of ketones is 1. The predicted octanol–water partition coefficient (Wildman–Crippen LogP) is 1.26. The molecule has 0 aliphatic carbocycles. The maximum Gasteiger partial charge on any atom is 0.226 e. The molecule has 4 heteroatoms. The van der Waals surface area contributed by atoms with E-state index in [1.807, 2.05) is 24.8 Å². The molecule has 1 aliphatic rings. The van der Waals surface area contributed by atoms with Crippen LogP contribution in [0.5, 0.6) is 0 Å². The Morgan fingerprint density at radius 2 is 1.93 bits per heavy atom. The first-order valence-electron chi connectivity index (χ1n) is 5.24. The molecule has 80 valence electrons. The van der Waals surface area contributed by atoms with Crippen LogP contribution in [0.3, 0.4) is 0 Å². The number of carbonyl (C=O) groups is 1. The smallest absolute Gasteiger partial charge is 0.226 e. The minimum atomic E-state index is 0.281. The molecule has 1 aromatic heterocycles. The van der Waals surface area contributed by atoms with Crippen LogP contribution < -0.4 is 4.90 Å². The van der Waals surface area contributed by atoms with E-state index < -0.39 is 0 Å². The Morgan fingerprint density at radius 1 is 1.27 bits per heavy atom. The number of nitrogens with zero attached hydrogens (tertiary/aromatic N) is 3. The molecule has 0 amide bonds. The van der Waals surface area contributed by atoms with Gasteiger partial charge in [-0.3, -0.25) is 4.79 Å². The van der Waals surface area contributed by atoms with Gasteiger partial charge in [0.1, 0.15) is 0 Å². The third kappa shape index (κ3) is 2.32. The maximum absolute atomic E-state index is 11.3. The zero-order chi connectivity index (χ0) is 10.8. The van der Waals surface area contributed by atoms with Crippen LogP contribution in [0.15, 0.2) is 6.07 Å². The number of rotatable bonds is 1. The van der Waals surface area contributed by atoms with Crippen molar-refractivity contribution in [3.8, 4) is 0 Å². The Balaban J connectivity index is 2.24. The highest BCUT2D eigenvalue weighted by molar-refractivity contribution is 5.84. The fourth-order valence-electron chi connectivity index (χ4n) is 1.86. The average molecular weight is 205 g/mol. The Bertz CT molecular complexity index is 369. The van der Waals surface area contributed by atoms with E-state index in [-0.39, 0.29) is 5.78 Å². The van der Waals surface area contributed by atoms with Gasteiger partial charge in [0, 0.05) is 24.4 Å². The Labute approximate surface area is 89.3 Å². The molecule has 1 aliphatic heterocycles. The number of aromatic nitrogens is 2. The van der Waals surface area contributed by atoms with Gasteiger partial charge in [0.25, 0.3) is 0 Å². The van der Waals surface area contributed by atoms with Gasteiger partial charge in [-0.15, -0.1) is 0 Å². The van der Waals surface area contributed by atoms with Gasteiger partial charge in [0.2, 0.25) is 5.95 Å². The van der Waals surface area contributed by atoms with Gasteiger partial charge in [0.05, 0.1) is 6.54 Å². The van der Waals surface area contributed by atoms with Crippen LogP contribution >= 0.6 is 0 Å². The number of aryl methyl sites for hydroxylation is 2. The van der Waals surface area contributed by atoms with Crippen molar-refractivity contribution in [3.63, 3.8) is 0 Å². The Kier molecular flexibility index (Phi) is 2.66. The summed E-state index contributed by atoms with van der Waals surface area (Å²) in [5, 5.41) is 0. The molecule has 0 saturated carbocycles. The molecule has 4 nitrogen and oxygen atoms in total. The van der Waals surface area contributed by atoms with E-state index >= 15 is 0 Å². The fourth-order valence-corrected chi connectivity index (χ4v) is 1.86. The van der Waals surface area contributed by atoms with Gasteiger partial charge >= 0.3 is 0 Å².